The lowest BCUT2D eigenvalue weighted by atomic mass is 9.95. The van der Waals surface area contributed by atoms with E-state index in [1.807, 2.05) is 41.3 Å². The van der Waals surface area contributed by atoms with Crippen molar-refractivity contribution in [3.05, 3.63) is 35.9 Å². The molecule has 0 radical (unpaired) electrons. The van der Waals surface area contributed by atoms with Crippen molar-refractivity contribution in [2.24, 2.45) is 5.92 Å². The molecule has 2 aliphatic rings. The Morgan fingerprint density at radius 3 is 2.58 bits per heavy atom. The number of benzene rings is 1. The molecule has 3 amide bonds. The van der Waals surface area contributed by atoms with Crippen molar-refractivity contribution in [3.63, 3.8) is 0 Å². The van der Waals surface area contributed by atoms with E-state index < -0.39 is 12.2 Å². The van der Waals surface area contributed by atoms with Gasteiger partial charge in [-0.2, -0.15) is 10.3 Å². The molecular formula is C23H31N5O3. The van der Waals surface area contributed by atoms with Gasteiger partial charge in [-0.1, -0.05) is 63.4 Å². The zero-order valence-corrected chi connectivity index (χ0v) is 18.3. The molecule has 0 spiro atoms. The Labute approximate surface area is 184 Å². The number of nitrogens with zero attached hydrogens (tertiary/aromatic N) is 5. The van der Waals surface area contributed by atoms with Crippen LogP contribution >= 0.6 is 0 Å². The number of piperazine rings is 1. The zero-order chi connectivity index (χ0) is 22.4. The van der Waals surface area contributed by atoms with Gasteiger partial charge in [-0.25, -0.2) is 0 Å². The molecule has 0 aliphatic carbocycles. The summed E-state index contributed by atoms with van der Waals surface area (Å²) in [7, 11) is 0. The van der Waals surface area contributed by atoms with E-state index in [1.165, 1.54) is 14.9 Å². The van der Waals surface area contributed by atoms with Crippen LogP contribution in [0.5, 0.6) is 0 Å². The molecule has 2 saturated heterocycles. The summed E-state index contributed by atoms with van der Waals surface area (Å²) in [6, 6.07) is 10.5. The van der Waals surface area contributed by atoms with Crippen molar-refractivity contribution >= 4 is 18.2 Å². The van der Waals surface area contributed by atoms with Crippen molar-refractivity contribution < 1.29 is 14.4 Å². The highest BCUT2D eigenvalue weighted by Crippen LogP contribution is 2.34. The van der Waals surface area contributed by atoms with Crippen molar-refractivity contribution in [1.29, 1.82) is 5.26 Å². The molecule has 8 nitrogen and oxygen atoms in total. The Hall–Kier alpha value is -2.92. The Kier molecular flexibility index (Phi) is 7.64. The van der Waals surface area contributed by atoms with Crippen LogP contribution in [0.2, 0.25) is 0 Å². The maximum Gasteiger partial charge on any atom is 0.250 e. The fourth-order valence-electron chi connectivity index (χ4n) is 4.56. The molecule has 1 aromatic rings. The molecule has 31 heavy (non-hydrogen) atoms. The SMILES string of the molecule is CCCCC(CC)CN1CC2N(C(=O)CN(CC#N)N2C=O)[C@@H](c2ccccc2)C1=O. The third-order valence-electron chi connectivity index (χ3n) is 6.26. The molecule has 0 bridgehead atoms. The van der Waals surface area contributed by atoms with Crippen LogP contribution in [0, 0.1) is 17.2 Å². The number of hydrogen-bond acceptors (Lipinski definition) is 5. The maximum absolute atomic E-state index is 13.6. The van der Waals surface area contributed by atoms with E-state index in [9.17, 15) is 14.4 Å². The topological polar surface area (TPSA) is 88.0 Å². The Morgan fingerprint density at radius 2 is 1.97 bits per heavy atom. The van der Waals surface area contributed by atoms with Gasteiger partial charge in [-0.05, 0) is 17.9 Å². The Morgan fingerprint density at radius 1 is 1.23 bits per heavy atom. The number of hydrazine groups is 1. The third-order valence-corrected chi connectivity index (χ3v) is 6.26. The molecule has 2 unspecified atom stereocenters. The lowest BCUT2D eigenvalue weighted by Gasteiger charge is -2.54. The van der Waals surface area contributed by atoms with Crippen LogP contribution in [0.4, 0.5) is 0 Å². The standard InChI is InChI=1S/C23H31N5O3/c1-3-5-9-18(4-2)14-25-15-20-27(17-29)26(13-12-24)16-21(30)28(20)22(23(25)31)19-10-7-6-8-11-19/h6-8,10-11,17-18,20,22H,3-5,9,13-16H2,1-2H3/t18?,20?,22-/m0/s1. The van der Waals surface area contributed by atoms with Gasteiger partial charge in [-0.3, -0.25) is 19.4 Å². The molecule has 2 heterocycles. The van der Waals surface area contributed by atoms with Crippen molar-refractivity contribution in [1.82, 2.24) is 19.8 Å². The lowest BCUT2D eigenvalue weighted by Crippen LogP contribution is -2.72. The van der Waals surface area contributed by atoms with Crippen molar-refractivity contribution in [3.8, 4) is 6.07 Å². The summed E-state index contributed by atoms with van der Waals surface area (Å²) in [5.41, 5.74) is 0.733. The molecule has 3 rings (SSSR count). The minimum Gasteiger partial charge on any atom is -0.336 e. The number of carbonyl (C=O) groups is 3. The second-order valence-corrected chi connectivity index (χ2v) is 8.22. The smallest absolute Gasteiger partial charge is 0.250 e. The van der Waals surface area contributed by atoms with Gasteiger partial charge in [0.2, 0.25) is 18.2 Å². The maximum atomic E-state index is 13.6. The van der Waals surface area contributed by atoms with Gasteiger partial charge in [0, 0.05) is 6.54 Å². The van der Waals surface area contributed by atoms with Gasteiger partial charge < -0.3 is 9.80 Å². The molecular weight excluding hydrogens is 394 g/mol. The summed E-state index contributed by atoms with van der Waals surface area (Å²) in [5.74, 6) is 0.00890. The predicted octanol–water partition coefficient (Wildman–Crippen LogP) is 2.15. The average Bonchev–Trinajstić information content (AvgIpc) is 2.78. The molecule has 0 N–H and O–H groups in total. The van der Waals surface area contributed by atoms with Gasteiger partial charge in [0.05, 0.1) is 19.2 Å². The Bertz CT molecular complexity index is 824. The van der Waals surface area contributed by atoms with Crippen LogP contribution in [0.3, 0.4) is 0 Å². The van der Waals surface area contributed by atoms with E-state index >= 15 is 0 Å². The van der Waals surface area contributed by atoms with Crippen LogP contribution in [-0.2, 0) is 14.4 Å². The van der Waals surface area contributed by atoms with Crippen LogP contribution in [-0.4, -0.2) is 70.4 Å². The molecule has 0 aromatic heterocycles. The lowest BCUT2D eigenvalue weighted by molar-refractivity contribution is -0.199. The molecule has 2 aliphatic heterocycles. The van der Waals surface area contributed by atoms with E-state index in [0.29, 0.717) is 18.9 Å². The van der Waals surface area contributed by atoms with Gasteiger partial charge in [0.1, 0.15) is 18.8 Å². The van der Waals surface area contributed by atoms with Crippen LogP contribution < -0.4 is 0 Å². The zero-order valence-electron chi connectivity index (χ0n) is 18.3. The predicted molar refractivity (Wildman–Crippen MR) is 115 cm³/mol. The molecule has 166 valence electrons. The van der Waals surface area contributed by atoms with Crippen molar-refractivity contribution in [2.45, 2.75) is 51.7 Å². The summed E-state index contributed by atoms with van der Waals surface area (Å²) in [6.07, 6.45) is 4.24. The monoisotopic (exact) mass is 425 g/mol. The first-order valence-corrected chi connectivity index (χ1v) is 11.1. The summed E-state index contributed by atoms with van der Waals surface area (Å²) in [5, 5.41) is 12.0. The minimum atomic E-state index is -0.775. The molecule has 0 saturated carbocycles. The number of carbonyl (C=O) groups excluding carboxylic acids is 3. The van der Waals surface area contributed by atoms with Gasteiger partial charge in [0.15, 0.2) is 0 Å². The van der Waals surface area contributed by atoms with Crippen LogP contribution in [0.1, 0.15) is 51.1 Å². The summed E-state index contributed by atoms with van der Waals surface area (Å²) in [6.45, 7) is 4.97. The van der Waals surface area contributed by atoms with Gasteiger partial charge >= 0.3 is 0 Å². The largest absolute Gasteiger partial charge is 0.336 e. The first-order chi connectivity index (χ1) is 15.0. The highest BCUT2D eigenvalue weighted by atomic mass is 16.2. The van der Waals surface area contributed by atoms with E-state index in [4.69, 9.17) is 5.26 Å². The molecule has 3 atom stereocenters. The van der Waals surface area contributed by atoms with Crippen LogP contribution in [0.25, 0.3) is 0 Å². The normalized spacial score (nSPS) is 22.8. The first-order valence-electron chi connectivity index (χ1n) is 11.1. The molecule has 2 fully saturated rings. The fourth-order valence-corrected chi connectivity index (χ4v) is 4.56. The first kappa shape index (κ1) is 22.8. The number of unbranched alkanes of at least 4 members (excludes halogenated alkanes) is 1. The van der Waals surface area contributed by atoms with E-state index in [-0.39, 0.29) is 31.4 Å². The Balaban J connectivity index is 1.97. The third kappa shape index (κ3) is 4.72. The highest BCUT2D eigenvalue weighted by molar-refractivity contribution is 5.91. The van der Waals surface area contributed by atoms with Crippen molar-refractivity contribution in [2.75, 3.05) is 26.2 Å². The fraction of sp³-hybridized carbons (Fsp3) is 0.565. The molecule has 8 heteroatoms. The number of fused-ring (bicyclic) bond motifs is 1. The number of rotatable bonds is 9. The number of amides is 3. The average molecular weight is 426 g/mol. The highest BCUT2D eigenvalue weighted by Gasteiger charge is 2.50. The molecule has 1 aromatic carbocycles. The van der Waals surface area contributed by atoms with E-state index in [1.54, 1.807) is 0 Å². The summed E-state index contributed by atoms with van der Waals surface area (Å²) >= 11 is 0. The number of hydrogen-bond donors (Lipinski definition) is 0. The van der Waals surface area contributed by atoms with Crippen LogP contribution in [0.15, 0.2) is 30.3 Å². The van der Waals surface area contributed by atoms with E-state index in [0.717, 1.165) is 31.2 Å². The van der Waals surface area contributed by atoms with E-state index in [2.05, 4.69) is 13.8 Å². The number of nitriles is 1. The summed E-state index contributed by atoms with van der Waals surface area (Å²) < 4.78 is 0. The minimum absolute atomic E-state index is 0.0626. The second-order valence-electron chi connectivity index (χ2n) is 8.22. The quantitative estimate of drug-likeness (QED) is 0.447. The summed E-state index contributed by atoms with van der Waals surface area (Å²) in [4.78, 5) is 42.0. The van der Waals surface area contributed by atoms with Gasteiger partial charge in [-0.15, -0.1) is 0 Å². The van der Waals surface area contributed by atoms with Gasteiger partial charge in [0.25, 0.3) is 0 Å². The second kappa shape index (κ2) is 10.4.